The second kappa shape index (κ2) is 6.86. The van der Waals surface area contributed by atoms with Crippen molar-refractivity contribution in [2.45, 2.75) is 26.2 Å². The quantitative estimate of drug-likeness (QED) is 0.822. The van der Waals surface area contributed by atoms with E-state index in [-0.39, 0.29) is 17.7 Å². The number of carbonyl (C=O) groups is 2. The first-order chi connectivity index (χ1) is 11.1. The van der Waals surface area contributed by atoms with Crippen LogP contribution in [0.1, 0.15) is 25.3 Å². The number of aromatic nitrogens is 1. The zero-order chi connectivity index (χ0) is 16.2. The lowest BCUT2D eigenvalue weighted by Gasteiger charge is -2.21. The molecule has 1 saturated carbocycles. The third-order valence-corrected chi connectivity index (χ3v) is 4.40. The fourth-order valence-electron chi connectivity index (χ4n) is 2.82. The molecule has 0 aliphatic heterocycles. The number of H-pyrrole nitrogens is 1. The van der Waals surface area contributed by atoms with E-state index in [0.717, 1.165) is 24.8 Å². The zero-order valence-corrected chi connectivity index (χ0v) is 13.5. The lowest BCUT2D eigenvalue weighted by molar-refractivity contribution is -0.129. The van der Waals surface area contributed by atoms with Crippen molar-refractivity contribution >= 4 is 22.7 Å². The first kappa shape index (κ1) is 15.6. The highest BCUT2D eigenvalue weighted by Crippen LogP contribution is 2.28. The lowest BCUT2D eigenvalue weighted by Crippen LogP contribution is -2.39. The Labute approximate surface area is 136 Å². The van der Waals surface area contributed by atoms with Crippen molar-refractivity contribution in [3.05, 3.63) is 36.0 Å². The first-order valence-electron chi connectivity index (χ1n) is 8.23. The highest BCUT2D eigenvalue weighted by Gasteiger charge is 2.29. The van der Waals surface area contributed by atoms with Crippen LogP contribution < -0.4 is 5.32 Å². The predicted molar refractivity (Wildman–Crippen MR) is 90.0 cm³/mol. The molecule has 0 radical (unpaired) electrons. The van der Waals surface area contributed by atoms with Crippen molar-refractivity contribution in [3.63, 3.8) is 0 Å². The van der Waals surface area contributed by atoms with Crippen LogP contribution in [0.15, 0.2) is 30.5 Å². The van der Waals surface area contributed by atoms with Gasteiger partial charge in [0.15, 0.2) is 0 Å². The Kier molecular flexibility index (Phi) is 4.65. The molecule has 0 spiro atoms. The SMILES string of the molecule is CC(=O)N(CCNC(=O)C1CC1)CCc1c[nH]c2ccccc12. The van der Waals surface area contributed by atoms with Crippen LogP contribution in [0.3, 0.4) is 0 Å². The number of benzene rings is 1. The molecule has 1 fully saturated rings. The summed E-state index contributed by atoms with van der Waals surface area (Å²) in [7, 11) is 0. The maximum absolute atomic E-state index is 11.8. The van der Waals surface area contributed by atoms with Gasteiger partial charge in [-0.15, -0.1) is 0 Å². The molecular weight excluding hydrogens is 290 g/mol. The molecule has 1 aromatic carbocycles. The fraction of sp³-hybridized carbons (Fsp3) is 0.444. The molecule has 122 valence electrons. The molecule has 5 heteroatoms. The minimum atomic E-state index is 0.0468. The van der Waals surface area contributed by atoms with Crippen LogP contribution in [0.5, 0.6) is 0 Å². The van der Waals surface area contributed by atoms with Crippen LogP contribution in [0.25, 0.3) is 10.9 Å². The molecule has 2 N–H and O–H groups in total. The summed E-state index contributed by atoms with van der Waals surface area (Å²) in [5, 5.41) is 4.12. The minimum absolute atomic E-state index is 0.0468. The third kappa shape index (κ3) is 3.92. The maximum Gasteiger partial charge on any atom is 0.223 e. The fourth-order valence-corrected chi connectivity index (χ4v) is 2.82. The van der Waals surface area contributed by atoms with E-state index in [9.17, 15) is 9.59 Å². The largest absolute Gasteiger partial charge is 0.361 e. The number of amides is 2. The Morgan fingerprint density at radius 3 is 2.78 bits per heavy atom. The van der Waals surface area contributed by atoms with Crippen LogP contribution in [0.4, 0.5) is 0 Å². The topological polar surface area (TPSA) is 65.2 Å². The zero-order valence-electron chi connectivity index (χ0n) is 13.5. The molecule has 1 aliphatic carbocycles. The second-order valence-corrected chi connectivity index (χ2v) is 6.18. The van der Waals surface area contributed by atoms with Gasteiger partial charge in [-0.3, -0.25) is 9.59 Å². The molecule has 23 heavy (non-hydrogen) atoms. The summed E-state index contributed by atoms with van der Waals surface area (Å²) < 4.78 is 0. The summed E-state index contributed by atoms with van der Waals surface area (Å²) in [5.41, 5.74) is 2.34. The monoisotopic (exact) mass is 313 g/mol. The molecule has 2 aromatic rings. The van der Waals surface area contributed by atoms with Crippen LogP contribution >= 0.6 is 0 Å². The molecule has 1 aliphatic rings. The molecule has 3 rings (SSSR count). The summed E-state index contributed by atoms with van der Waals surface area (Å²) in [6.07, 6.45) is 4.82. The van der Waals surface area contributed by atoms with E-state index < -0.39 is 0 Å². The van der Waals surface area contributed by atoms with Crippen molar-refractivity contribution in [1.29, 1.82) is 0 Å². The van der Waals surface area contributed by atoms with Gasteiger partial charge in [0.2, 0.25) is 11.8 Å². The van der Waals surface area contributed by atoms with E-state index in [1.165, 1.54) is 10.9 Å². The first-order valence-corrected chi connectivity index (χ1v) is 8.23. The summed E-state index contributed by atoms with van der Waals surface area (Å²) in [5.74, 6) is 0.391. The molecule has 2 amide bonds. The van der Waals surface area contributed by atoms with Gasteiger partial charge in [0, 0.05) is 49.6 Å². The summed E-state index contributed by atoms with van der Waals surface area (Å²) in [6, 6.07) is 8.17. The Balaban J connectivity index is 1.52. The molecule has 1 aromatic heterocycles. The molecule has 0 unspecified atom stereocenters. The molecule has 5 nitrogen and oxygen atoms in total. The van der Waals surface area contributed by atoms with Gasteiger partial charge < -0.3 is 15.2 Å². The smallest absolute Gasteiger partial charge is 0.223 e. The Morgan fingerprint density at radius 1 is 1.26 bits per heavy atom. The number of fused-ring (bicyclic) bond motifs is 1. The van der Waals surface area contributed by atoms with Gasteiger partial charge in [0.05, 0.1) is 0 Å². The lowest BCUT2D eigenvalue weighted by atomic mass is 10.1. The number of carbonyl (C=O) groups excluding carboxylic acids is 2. The number of hydrogen-bond acceptors (Lipinski definition) is 2. The number of nitrogens with one attached hydrogen (secondary N) is 2. The molecular formula is C18H23N3O2. The highest BCUT2D eigenvalue weighted by atomic mass is 16.2. The molecule has 0 bridgehead atoms. The van der Waals surface area contributed by atoms with Gasteiger partial charge in [-0.1, -0.05) is 18.2 Å². The highest BCUT2D eigenvalue weighted by molar-refractivity contribution is 5.83. The Morgan fingerprint density at radius 2 is 2.04 bits per heavy atom. The van der Waals surface area contributed by atoms with Gasteiger partial charge in [0.1, 0.15) is 0 Å². The van der Waals surface area contributed by atoms with Gasteiger partial charge in [-0.2, -0.15) is 0 Å². The van der Waals surface area contributed by atoms with Gasteiger partial charge in [-0.25, -0.2) is 0 Å². The second-order valence-electron chi connectivity index (χ2n) is 6.18. The van der Waals surface area contributed by atoms with Gasteiger partial charge in [-0.05, 0) is 30.9 Å². The van der Waals surface area contributed by atoms with Gasteiger partial charge >= 0.3 is 0 Å². The number of rotatable bonds is 7. The normalized spacial score (nSPS) is 14.0. The van der Waals surface area contributed by atoms with E-state index in [0.29, 0.717) is 19.6 Å². The van der Waals surface area contributed by atoms with Crippen LogP contribution in [0.2, 0.25) is 0 Å². The van der Waals surface area contributed by atoms with Crippen molar-refractivity contribution in [2.75, 3.05) is 19.6 Å². The van der Waals surface area contributed by atoms with E-state index >= 15 is 0 Å². The standard InChI is InChI=1S/C18H23N3O2/c1-13(22)21(11-9-19-18(23)14-6-7-14)10-8-15-12-20-17-5-3-2-4-16(15)17/h2-5,12,14,20H,6-11H2,1H3,(H,19,23). The van der Waals surface area contributed by atoms with Crippen LogP contribution in [0, 0.1) is 5.92 Å². The average molecular weight is 313 g/mol. The van der Waals surface area contributed by atoms with Crippen molar-refractivity contribution in [3.8, 4) is 0 Å². The van der Waals surface area contributed by atoms with E-state index in [1.54, 1.807) is 11.8 Å². The number of aromatic amines is 1. The molecule has 0 atom stereocenters. The summed E-state index contributed by atoms with van der Waals surface area (Å²) in [4.78, 5) is 28.5. The van der Waals surface area contributed by atoms with Crippen molar-refractivity contribution < 1.29 is 9.59 Å². The summed E-state index contributed by atoms with van der Waals surface area (Å²) in [6.45, 7) is 3.34. The van der Waals surface area contributed by atoms with Crippen molar-refractivity contribution in [1.82, 2.24) is 15.2 Å². The number of para-hydroxylation sites is 1. The van der Waals surface area contributed by atoms with Crippen LogP contribution in [-0.2, 0) is 16.0 Å². The Hall–Kier alpha value is -2.30. The average Bonchev–Trinajstić information content (AvgIpc) is 3.32. The maximum atomic E-state index is 11.8. The van der Waals surface area contributed by atoms with Gasteiger partial charge in [0.25, 0.3) is 0 Å². The summed E-state index contributed by atoms with van der Waals surface area (Å²) >= 11 is 0. The number of nitrogens with zero attached hydrogens (tertiary/aromatic N) is 1. The predicted octanol–water partition coefficient (Wildman–Crippen LogP) is 2.09. The molecule has 1 heterocycles. The van der Waals surface area contributed by atoms with E-state index in [4.69, 9.17) is 0 Å². The van der Waals surface area contributed by atoms with E-state index in [1.807, 2.05) is 18.3 Å². The minimum Gasteiger partial charge on any atom is -0.361 e. The van der Waals surface area contributed by atoms with E-state index in [2.05, 4.69) is 22.4 Å². The number of hydrogen-bond donors (Lipinski definition) is 2. The Bertz CT molecular complexity index is 703. The third-order valence-electron chi connectivity index (χ3n) is 4.40. The van der Waals surface area contributed by atoms with Crippen molar-refractivity contribution in [2.24, 2.45) is 5.92 Å². The van der Waals surface area contributed by atoms with Crippen LogP contribution in [-0.4, -0.2) is 41.3 Å². The molecule has 0 saturated heterocycles.